The number of hydrogen-bond donors (Lipinski definition) is 1. The fraction of sp³-hybridized carbons (Fsp3) is 0.611. The molecular formula is C18H28N4O4S2. The van der Waals surface area contributed by atoms with Crippen molar-refractivity contribution in [1.82, 2.24) is 10.2 Å². The van der Waals surface area contributed by atoms with E-state index in [1.54, 1.807) is 20.9 Å². The lowest BCUT2D eigenvalue weighted by Gasteiger charge is -2.39. The van der Waals surface area contributed by atoms with Gasteiger partial charge in [0.15, 0.2) is 15.8 Å². The molecule has 0 amide bonds. The highest BCUT2D eigenvalue weighted by Crippen LogP contribution is 2.30. The number of benzene rings is 1. The molecular weight excluding hydrogens is 400 g/mol. The van der Waals surface area contributed by atoms with Crippen LogP contribution in [0, 0.1) is 0 Å². The summed E-state index contributed by atoms with van der Waals surface area (Å²) in [6, 6.07) is 7.55. The van der Waals surface area contributed by atoms with Crippen molar-refractivity contribution in [2.75, 3.05) is 49.0 Å². The van der Waals surface area contributed by atoms with E-state index in [0.29, 0.717) is 25.6 Å². The lowest BCUT2D eigenvalue weighted by atomic mass is 10.2. The van der Waals surface area contributed by atoms with E-state index in [1.165, 1.54) is 4.31 Å². The number of rotatable bonds is 4. The third-order valence-electron chi connectivity index (χ3n) is 5.38. The average Bonchev–Trinajstić information content (AvgIpc) is 3.06. The molecule has 1 saturated heterocycles. The van der Waals surface area contributed by atoms with Gasteiger partial charge in [-0.1, -0.05) is 18.2 Å². The van der Waals surface area contributed by atoms with Crippen LogP contribution in [0.4, 0.5) is 5.69 Å². The van der Waals surface area contributed by atoms with Crippen LogP contribution in [-0.2, 0) is 26.3 Å². The topological polar surface area (TPSA) is 99.2 Å². The molecule has 0 radical (unpaired) electrons. The van der Waals surface area contributed by atoms with Crippen molar-refractivity contribution in [3.05, 3.63) is 29.8 Å². The number of para-hydroxylation sites is 1. The van der Waals surface area contributed by atoms with Crippen LogP contribution < -0.4 is 9.62 Å². The molecule has 0 bridgehead atoms. The van der Waals surface area contributed by atoms with Crippen LogP contribution in [0.25, 0.3) is 0 Å². The van der Waals surface area contributed by atoms with Crippen molar-refractivity contribution in [3.8, 4) is 0 Å². The lowest BCUT2D eigenvalue weighted by molar-refractivity contribution is 0.354. The molecule has 0 aromatic heterocycles. The monoisotopic (exact) mass is 428 g/mol. The van der Waals surface area contributed by atoms with Crippen molar-refractivity contribution in [1.29, 1.82) is 0 Å². The van der Waals surface area contributed by atoms with Crippen molar-refractivity contribution in [3.63, 3.8) is 0 Å². The van der Waals surface area contributed by atoms with Gasteiger partial charge in [-0.2, -0.15) is 0 Å². The van der Waals surface area contributed by atoms with Crippen molar-refractivity contribution in [2.24, 2.45) is 4.99 Å². The molecule has 2 aliphatic rings. The molecule has 8 nitrogen and oxygen atoms in total. The maximum atomic E-state index is 12.8. The van der Waals surface area contributed by atoms with Gasteiger partial charge in [0.2, 0.25) is 10.0 Å². The fourth-order valence-electron chi connectivity index (χ4n) is 3.66. The minimum atomic E-state index is -3.45. The van der Waals surface area contributed by atoms with Crippen LogP contribution in [0.3, 0.4) is 0 Å². The Morgan fingerprint density at radius 3 is 2.64 bits per heavy atom. The van der Waals surface area contributed by atoms with Crippen LogP contribution >= 0.6 is 0 Å². The first-order chi connectivity index (χ1) is 13.1. The number of hydrogen-bond acceptors (Lipinski definition) is 5. The van der Waals surface area contributed by atoms with E-state index in [4.69, 9.17) is 0 Å². The minimum absolute atomic E-state index is 0.0591. The number of aliphatic imine (C=N–C) groups is 1. The molecule has 28 heavy (non-hydrogen) atoms. The fourth-order valence-corrected chi connectivity index (χ4v) is 6.45. The second kappa shape index (κ2) is 7.55. The maximum absolute atomic E-state index is 12.8. The zero-order chi connectivity index (χ0) is 20.6. The Bertz CT molecular complexity index is 971. The van der Waals surface area contributed by atoms with E-state index in [1.807, 2.05) is 29.2 Å². The third kappa shape index (κ3) is 3.98. The standard InChI is InChI=1S/C18H28N4O4S2/c1-18(2)14-21(11-13-27(18,23)24)17(19-3)20-9-12-28(25,26)22-10-8-15-6-4-5-7-16(15)22/h4-7H,8-14H2,1-3H3,(H,19,20). The van der Waals surface area contributed by atoms with E-state index in [9.17, 15) is 16.8 Å². The van der Waals surface area contributed by atoms with Gasteiger partial charge in [-0.25, -0.2) is 16.8 Å². The average molecular weight is 429 g/mol. The van der Waals surface area contributed by atoms with E-state index < -0.39 is 24.6 Å². The number of anilines is 1. The van der Waals surface area contributed by atoms with Crippen LogP contribution in [0.15, 0.2) is 29.3 Å². The Kier molecular flexibility index (Phi) is 5.64. The summed E-state index contributed by atoms with van der Waals surface area (Å²) in [7, 11) is -4.98. The zero-order valence-corrected chi connectivity index (χ0v) is 18.2. The summed E-state index contributed by atoms with van der Waals surface area (Å²) in [6.45, 7) is 4.75. The Morgan fingerprint density at radius 2 is 1.96 bits per heavy atom. The maximum Gasteiger partial charge on any atom is 0.236 e. The molecule has 2 aliphatic heterocycles. The number of nitrogens with zero attached hydrogens (tertiary/aromatic N) is 3. The Labute approximate surface area is 167 Å². The predicted molar refractivity (Wildman–Crippen MR) is 112 cm³/mol. The van der Waals surface area contributed by atoms with Gasteiger partial charge in [-0.3, -0.25) is 9.30 Å². The summed E-state index contributed by atoms with van der Waals surface area (Å²) >= 11 is 0. The molecule has 2 heterocycles. The largest absolute Gasteiger partial charge is 0.355 e. The summed E-state index contributed by atoms with van der Waals surface area (Å²) in [6.07, 6.45) is 0.724. The van der Waals surface area contributed by atoms with Gasteiger partial charge < -0.3 is 10.2 Å². The van der Waals surface area contributed by atoms with E-state index in [0.717, 1.165) is 17.7 Å². The van der Waals surface area contributed by atoms with Gasteiger partial charge in [-0.15, -0.1) is 0 Å². The molecule has 10 heteroatoms. The molecule has 156 valence electrons. The highest BCUT2D eigenvalue weighted by Gasteiger charge is 2.41. The second-order valence-corrected chi connectivity index (χ2v) is 12.5. The summed E-state index contributed by atoms with van der Waals surface area (Å²) in [4.78, 5) is 6.08. The molecule has 1 fully saturated rings. The van der Waals surface area contributed by atoms with Crippen molar-refractivity contribution in [2.45, 2.75) is 25.0 Å². The van der Waals surface area contributed by atoms with Gasteiger partial charge in [-0.05, 0) is 31.9 Å². The first-order valence-electron chi connectivity index (χ1n) is 9.34. The zero-order valence-electron chi connectivity index (χ0n) is 16.6. The number of sulfone groups is 1. The molecule has 0 spiro atoms. The number of fused-ring (bicyclic) bond motifs is 1. The SMILES string of the molecule is CN=C(NCCS(=O)(=O)N1CCc2ccccc21)N1CCS(=O)(=O)C(C)(C)C1. The molecule has 1 N–H and O–H groups in total. The molecule has 1 aromatic carbocycles. The third-order valence-corrected chi connectivity index (χ3v) is 9.68. The van der Waals surface area contributed by atoms with Crippen LogP contribution in [0.1, 0.15) is 19.4 Å². The Hall–Kier alpha value is -1.81. The van der Waals surface area contributed by atoms with Crippen molar-refractivity contribution < 1.29 is 16.8 Å². The molecule has 0 unspecified atom stereocenters. The summed E-state index contributed by atoms with van der Waals surface area (Å²) in [5.41, 5.74) is 1.81. The molecule has 3 rings (SSSR count). The highest BCUT2D eigenvalue weighted by atomic mass is 32.2. The number of nitrogens with one attached hydrogen (secondary N) is 1. The quantitative estimate of drug-likeness (QED) is 0.553. The molecule has 1 aromatic rings. The Morgan fingerprint density at radius 1 is 1.25 bits per heavy atom. The summed E-state index contributed by atoms with van der Waals surface area (Å²) in [5.74, 6) is 0.527. The van der Waals surface area contributed by atoms with Crippen molar-refractivity contribution >= 4 is 31.5 Å². The van der Waals surface area contributed by atoms with Crippen LogP contribution in [0.2, 0.25) is 0 Å². The van der Waals surface area contributed by atoms with E-state index in [2.05, 4.69) is 10.3 Å². The predicted octanol–water partition coefficient (Wildman–Crippen LogP) is 0.463. The lowest BCUT2D eigenvalue weighted by Crippen LogP contribution is -2.57. The van der Waals surface area contributed by atoms with Gasteiger partial charge in [0.25, 0.3) is 0 Å². The highest BCUT2D eigenvalue weighted by molar-refractivity contribution is 7.93. The number of sulfonamides is 1. The summed E-state index contributed by atoms with van der Waals surface area (Å²) < 4.78 is 50.5. The first-order valence-corrected chi connectivity index (χ1v) is 12.6. The summed E-state index contributed by atoms with van der Waals surface area (Å²) in [5, 5.41) is 3.08. The van der Waals surface area contributed by atoms with Gasteiger partial charge in [0.05, 0.1) is 21.9 Å². The van der Waals surface area contributed by atoms with Gasteiger partial charge in [0, 0.05) is 33.2 Å². The van der Waals surface area contributed by atoms with E-state index >= 15 is 0 Å². The number of guanidine groups is 1. The van der Waals surface area contributed by atoms with Crippen LogP contribution in [0.5, 0.6) is 0 Å². The molecule has 0 atom stereocenters. The smallest absolute Gasteiger partial charge is 0.236 e. The molecule has 0 saturated carbocycles. The second-order valence-electron chi connectivity index (χ2n) is 7.74. The van der Waals surface area contributed by atoms with E-state index in [-0.39, 0.29) is 18.1 Å². The Balaban J connectivity index is 1.61. The van der Waals surface area contributed by atoms with Gasteiger partial charge >= 0.3 is 0 Å². The van der Waals surface area contributed by atoms with Gasteiger partial charge in [0.1, 0.15) is 0 Å². The minimum Gasteiger partial charge on any atom is -0.355 e. The molecule has 0 aliphatic carbocycles. The van der Waals surface area contributed by atoms with Crippen LogP contribution in [-0.4, -0.2) is 77.2 Å². The normalized spacial score (nSPS) is 21.5. The first kappa shape index (κ1) is 20.9.